The van der Waals surface area contributed by atoms with Crippen molar-refractivity contribution in [1.82, 2.24) is 0 Å². The normalized spacial score (nSPS) is 9.71. The van der Waals surface area contributed by atoms with Gasteiger partial charge in [0.05, 0.1) is 6.57 Å². The Morgan fingerprint density at radius 3 is 2.50 bits per heavy atom. The van der Waals surface area contributed by atoms with Crippen LogP contribution in [0.1, 0.15) is 0 Å². The van der Waals surface area contributed by atoms with Crippen LogP contribution in [0.4, 0.5) is 11.4 Å². The fraction of sp³-hybridized carbons (Fsp3) is 0.0833. The minimum atomic E-state index is 0.690. The summed E-state index contributed by atoms with van der Waals surface area (Å²) in [6, 6.07) is 11.8. The maximum atomic E-state index is 6.91. The van der Waals surface area contributed by atoms with Gasteiger partial charge in [0.25, 0.3) is 0 Å². The van der Waals surface area contributed by atoms with Crippen molar-refractivity contribution in [2.24, 2.45) is 0 Å². The summed E-state index contributed by atoms with van der Waals surface area (Å²) in [5, 5.41) is 5.35. The second-order valence-corrected chi connectivity index (χ2v) is 3.11. The fourth-order valence-electron chi connectivity index (χ4n) is 1.46. The van der Waals surface area contributed by atoms with Crippen molar-refractivity contribution < 1.29 is 0 Å². The SMILES string of the molecule is [C-]#[N+]c1ccc2cc(NC)ccc2c1. The molecule has 0 aromatic heterocycles. The number of hydrogen-bond donors (Lipinski definition) is 1. The Bertz CT molecular complexity index is 509. The Hall–Kier alpha value is -2.01. The van der Waals surface area contributed by atoms with Crippen LogP contribution in [0.25, 0.3) is 15.6 Å². The van der Waals surface area contributed by atoms with Crippen molar-refractivity contribution in [1.29, 1.82) is 0 Å². The van der Waals surface area contributed by atoms with E-state index in [1.165, 1.54) is 0 Å². The van der Waals surface area contributed by atoms with Gasteiger partial charge in [0.15, 0.2) is 5.69 Å². The summed E-state index contributed by atoms with van der Waals surface area (Å²) in [6.07, 6.45) is 0. The summed E-state index contributed by atoms with van der Waals surface area (Å²) in [7, 11) is 1.90. The van der Waals surface area contributed by atoms with Gasteiger partial charge in [0.2, 0.25) is 0 Å². The predicted molar refractivity (Wildman–Crippen MR) is 59.8 cm³/mol. The molecule has 2 heteroatoms. The van der Waals surface area contributed by atoms with E-state index >= 15 is 0 Å². The summed E-state index contributed by atoms with van der Waals surface area (Å²) in [5.41, 5.74) is 1.78. The van der Waals surface area contributed by atoms with E-state index < -0.39 is 0 Å². The molecule has 0 saturated carbocycles. The molecule has 2 nitrogen and oxygen atoms in total. The number of nitrogens with one attached hydrogen (secondary N) is 1. The first kappa shape index (κ1) is 8.58. The van der Waals surface area contributed by atoms with Crippen molar-refractivity contribution in [3.05, 3.63) is 47.8 Å². The van der Waals surface area contributed by atoms with E-state index in [1.807, 2.05) is 37.4 Å². The third kappa shape index (κ3) is 1.40. The molecule has 68 valence electrons. The molecule has 0 radical (unpaired) electrons. The largest absolute Gasteiger partial charge is 0.388 e. The fourth-order valence-corrected chi connectivity index (χ4v) is 1.46. The third-order valence-corrected chi connectivity index (χ3v) is 2.24. The molecular formula is C12H10N2. The maximum Gasteiger partial charge on any atom is 0.187 e. The number of fused-ring (bicyclic) bond motifs is 1. The van der Waals surface area contributed by atoms with Gasteiger partial charge in [0.1, 0.15) is 0 Å². The quantitative estimate of drug-likeness (QED) is 0.668. The van der Waals surface area contributed by atoms with Crippen LogP contribution in [0.15, 0.2) is 36.4 Å². The van der Waals surface area contributed by atoms with Gasteiger partial charge in [0, 0.05) is 12.7 Å². The molecular weight excluding hydrogens is 172 g/mol. The lowest BCUT2D eigenvalue weighted by atomic mass is 10.1. The van der Waals surface area contributed by atoms with E-state index in [-0.39, 0.29) is 0 Å². The van der Waals surface area contributed by atoms with Gasteiger partial charge < -0.3 is 5.32 Å². The molecule has 0 saturated heterocycles. The second-order valence-electron chi connectivity index (χ2n) is 3.11. The molecule has 0 fully saturated rings. The van der Waals surface area contributed by atoms with Gasteiger partial charge in [-0.3, -0.25) is 0 Å². The molecule has 0 bridgehead atoms. The van der Waals surface area contributed by atoms with Gasteiger partial charge in [-0.1, -0.05) is 18.2 Å². The van der Waals surface area contributed by atoms with E-state index in [4.69, 9.17) is 6.57 Å². The molecule has 14 heavy (non-hydrogen) atoms. The number of anilines is 1. The highest BCUT2D eigenvalue weighted by molar-refractivity contribution is 5.88. The lowest BCUT2D eigenvalue weighted by Gasteiger charge is -2.02. The van der Waals surface area contributed by atoms with E-state index in [9.17, 15) is 0 Å². The van der Waals surface area contributed by atoms with Gasteiger partial charge in [-0.25, -0.2) is 4.85 Å². The van der Waals surface area contributed by atoms with Crippen LogP contribution in [-0.4, -0.2) is 7.05 Å². The number of benzene rings is 2. The van der Waals surface area contributed by atoms with Gasteiger partial charge in [-0.15, -0.1) is 0 Å². The molecule has 2 aromatic carbocycles. The van der Waals surface area contributed by atoms with Crippen LogP contribution < -0.4 is 5.32 Å². The van der Waals surface area contributed by atoms with Crippen LogP contribution in [0.2, 0.25) is 0 Å². The van der Waals surface area contributed by atoms with Crippen LogP contribution in [0.5, 0.6) is 0 Å². The zero-order valence-electron chi connectivity index (χ0n) is 7.91. The Morgan fingerprint density at radius 2 is 1.79 bits per heavy atom. The Kier molecular flexibility index (Phi) is 2.08. The van der Waals surface area contributed by atoms with Crippen LogP contribution in [0.3, 0.4) is 0 Å². The lowest BCUT2D eigenvalue weighted by molar-refractivity contribution is 1.53. The zero-order valence-corrected chi connectivity index (χ0v) is 7.91. The first-order valence-corrected chi connectivity index (χ1v) is 4.42. The Labute approximate surface area is 83.0 Å². The van der Waals surface area contributed by atoms with E-state index in [0.29, 0.717) is 5.69 Å². The molecule has 0 amide bonds. The topological polar surface area (TPSA) is 16.4 Å². The highest BCUT2D eigenvalue weighted by Crippen LogP contribution is 2.23. The molecule has 2 rings (SSSR count). The van der Waals surface area contributed by atoms with Crippen LogP contribution >= 0.6 is 0 Å². The average Bonchev–Trinajstić information content (AvgIpc) is 2.27. The minimum absolute atomic E-state index is 0.690. The Balaban J connectivity index is 2.64. The molecule has 0 aliphatic rings. The Morgan fingerprint density at radius 1 is 1.07 bits per heavy atom. The molecule has 2 aromatic rings. The maximum absolute atomic E-state index is 6.91. The van der Waals surface area contributed by atoms with Crippen molar-refractivity contribution >= 4 is 22.1 Å². The lowest BCUT2D eigenvalue weighted by Crippen LogP contribution is -1.86. The molecule has 0 aliphatic heterocycles. The predicted octanol–water partition coefficient (Wildman–Crippen LogP) is 3.43. The second kappa shape index (κ2) is 3.39. The van der Waals surface area contributed by atoms with E-state index in [2.05, 4.69) is 16.2 Å². The van der Waals surface area contributed by atoms with Gasteiger partial charge in [-0.05, 0) is 29.0 Å². The number of rotatable bonds is 1. The molecule has 0 atom stereocenters. The summed E-state index contributed by atoms with van der Waals surface area (Å²) >= 11 is 0. The number of hydrogen-bond acceptors (Lipinski definition) is 1. The smallest absolute Gasteiger partial charge is 0.187 e. The standard InChI is InChI=1S/C12H10N2/c1-13-11-5-3-10-8-12(14-2)6-4-9(10)7-11/h3-8,13H,1H3. The summed E-state index contributed by atoms with van der Waals surface area (Å²) in [5.74, 6) is 0. The van der Waals surface area contributed by atoms with Crippen molar-refractivity contribution in [3.8, 4) is 0 Å². The van der Waals surface area contributed by atoms with Gasteiger partial charge >= 0.3 is 0 Å². The summed E-state index contributed by atoms with van der Waals surface area (Å²) in [6.45, 7) is 6.91. The molecule has 0 spiro atoms. The monoisotopic (exact) mass is 182 g/mol. The van der Waals surface area contributed by atoms with Gasteiger partial charge in [-0.2, -0.15) is 0 Å². The summed E-state index contributed by atoms with van der Waals surface area (Å²) in [4.78, 5) is 3.40. The molecule has 0 heterocycles. The molecule has 0 aliphatic carbocycles. The van der Waals surface area contributed by atoms with Crippen molar-refractivity contribution in [3.63, 3.8) is 0 Å². The van der Waals surface area contributed by atoms with Crippen LogP contribution in [-0.2, 0) is 0 Å². The summed E-state index contributed by atoms with van der Waals surface area (Å²) < 4.78 is 0. The van der Waals surface area contributed by atoms with E-state index in [0.717, 1.165) is 16.5 Å². The van der Waals surface area contributed by atoms with Crippen molar-refractivity contribution in [2.45, 2.75) is 0 Å². The van der Waals surface area contributed by atoms with E-state index in [1.54, 1.807) is 0 Å². The third-order valence-electron chi connectivity index (χ3n) is 2.24. The number of nitrogens with zero attached hydrogens (tertiary/aromatic N) is 1. The highest BCUT2D eigenvalue weighted by atomic mass is 14.8. The molecule has 1 N–H and O–H groups in total. The average molecular weight is 182 g/mol. The van der Waals surface area contributed by atoms with Crippen LogP contribution in [0, 0.1) is 6.57 Å². The minimum Gasteiger partial charge on any atom is -0.388 e. The first-order valence-electron chi connectivity index (χ1n) is 4.42. The zero-order chi connectivity index (χ0) is 9.97. The first-order chi connectivity index (χ1) is 6.83. The molecule has 0 unspecified atom stereocenters. The van der Waals surface area contributed by atoms with Crippen molar-refractivity contribution in [2.75, 3.05) is 12.4 Å². The highest BCUT2D eigenvalue weighted by Gasteiger charge is 1.96.